The Kier molecular flexibility index (Phi) is 2.17. The standard InChI is InChI=1S/C13H18N2/c1-15-8-4-7-13(15)11-9-14-12-6-3-2-5-10(11)12/h2,5,9,13-14H,3-4,6-8H2,1H3. The van der Waals surface area contributed by atoms with E-state index in [9.17, 15) is 0 Å². The van der Waals surface area contributed by atoms with Crippen LogP contribution in [-0.4, -0.2) is 23.5 Å². The molecule has 1 aromatic rings. The van der Waals surface area contributed by atoms with Crippen LogP contribution in [0.15, 0.2) is 12.3 Å². The van der Waals surface area contributed by atoms with Crippen LogP contribution in [-0.2, 0) is 6.42 Å². The first-order valence-electron chi connectivity index (χ1n) is 5.93. The Bertz CT molecular complexity index is 389. The molecule has 1 aromatic heterocycles. The Balaban J connectivity index is 1.99. The smallest absolute Gasteiger partial charge is 0.0366 e. The summed E-state index contributed by atoms with van der Waals surface area (Å²) in [6.45, 7) is 1.24. The summed E-state index contributed by atoms with van der Waals surface area (Å²) in [5, 5.41) is 0. The number of nitrogens with zero attached hydrogens (tertiary/aromatic N) is 1. The van der Waals surface area contributed by atoms with Crippen LogP contribution in [0.4, 0.5) is 0 Å². The van der Waals surface area contributed by atoms with E-state index >= 15 is 0 Å². The number of fused-ring (bicyclic) bond motifs is 1. The lowest BCUT2D eigenvalue weighted by Crippen LogP contribution is -2.17. The quantitative estimate of drug-likeness (QED) is 0.742. The molecule has 1 saturated heterocycles. The molecule has 1 aliphatic carbocycles. The van der Waals surface area contributed by atoms with E-state index in [1.54, 1.807) is 0 Å². The molecule has 0 saturated carbocycles. The molecular formula is C13H18N2. The van der Waals surface area contributed by atoms with Gasteiger partial charge in [-0.2, -0.15) is 0 Å². The molecule has 0 radical (unpaired) electrons. The Hall–Kier alpha value is -1.02. The number of nitrogens with one attached hydrogen (secondary N) is 1. The highest BCUT2D eigenvalue weighted by Gasteiger charge is 2.26. The van der Waals surface area contributed by atoms with E-state index in [4.69, 9.17) is 0 Å². The molecule has 2 heterocycles. The number of H-pyrrole nitrogens is 1. The molecule has 2 aliphatic rings. The second-order valence-electron chi connectivity index (χ2n) is 4.72. The van der Waals surface area contributed by atoms with Crippen molar-refractivity contribution in [2.75, 3.05) is 13.6 Å². The maximum atomic E-state index is 3.45. The maximum absolute atomic E-state index is 3.45. The lowest BCUT2D eigenvalue weighted by molar-refractivity contribution is 0.317. The molecule has 0 spiro atoms. The molecule has 1 unspecified atom stereocenters. The molecule has 0 bridgehead atoms. The van der Waals surface area contributed by atoms with Gasteiger partial charge in [-0.15, -0.1) is 0 Å². The van der Waals surface area contributed by atoms with Gasteiger partial charge < -0.3 is 4.98 Å². The van der Waals surface area contributed by atoms with Gasteiger partial charge in [0.15, 0.2) is 0 Å². The minimum atomic E-state index is 0.646. The minimum Gasteiger partial charge on any atom is -0.364 e. The van der Waals surface area contributed by atoms with Gasteiger partial charge in [0.1, 0.15) is 0 Å². The molecule has 0 aromatic carbocycles. The molecule has 2 heteroatoms. The SMILES string of the molecule is CN1CCCC1c1c[nH]c2c1C=CCC2. The van der Waals surface area contributed by atoms with Crippen molar-refractivity contribution in [3.8, 4) is 0 Å². The van der Waals surface area contributed by atoms with Gasteiger partial charge in [-0.25, -0.2) is 0 Å². The van der Waals surface area contributed by atoms with E-state index in [0.717, 1.165) is 0 Å². The third kappa shape index (κ3) is 1.44. The molecule has 1 fully saturated rings. The van der Waals surface area contributed by atoms with E-state index in [2.05, 4.69) is 35.3 Å². The van der Waals surface area contributed by atoms with Gasteiger partial charge >= 0.3 is 0 Å². The normalized spacial score (nSPS) is 25.8. The van der Waals surface area contributed by atoms with Crippen molar-refractivity contribution in [2.24, 2.45) is 0 Å². The summed E-state index contributed by atoms with van der Waals surface area (Å²) in [6.07, 6.45) is 11.9. The summed E-state index contributed by atoms with van der Waals surface area (Å²) < 4.78 is 0. The fourth-order valence-corrected chi connectivity index (χ4v) is 2.91. The zero-order valence-electron chi connectivity index (χ0n) is 9.29. The first-order chi connectivity index (χ1) is 7.36. The zero-order valence-corrected chi connectivity index (χ0v) is 9.29. The van der Waals surface area contributed by atoms with Gasteiger partial charge in [0, 0.05) is 17.9 Å². The number of likely N-dealkylation sites (tertiary alicyclic amines) is 1. The van der Waals surface area contributed by atoms with Crippen LogP contribution < -0.4 is 0 Å². The van der Waals surface area contributed by atoms with E-state index in [0.29, 0.717) is 6.04 Å². The molecule has 1 N–H and O–H groups in total. The van der Waals surface area contributed by atoms with Crippen LogP contribution in [0.3, 0.4) is 0 Å². The molecule has 1 atom stereocenters. The molecule has 80 valence electrons. The summed E-state index contributed by atoms with van der Waals surface area (Å²) in [4.78, 5) is 5.92. The minimum absolute atomic E-state index is 0.646. The maximum Gasteiger partial charge on any atom is 0.0366 e. The average Bonchev–Trinajstić information content (AvgIpc) is 2.83. The number of hydrogen-bond acceptors (Lipinski definition) is 1. The van der Waals surface area contributed by atoms with Gasteiger partial charge in [-0.3, -0.25) is 4.90 Å². The lowest BCUT2D eigenvalue weighted by atomic mass is 9.97. The molecule has 0 amide bonds. The number of aromatic amines is 1. The summed E-state index contributed by atoms with van der Waals surface area (Å²) >= 11 is 0. The Morgan fingerprint density at radius 1 is 1.47 bits per heavy atom. The van der Waals surface area contributed by atoms with Crippen molar-refractivity contribution in [1.29, 1.82) is 0 Å². The number of allylic oxidation sites excluding steroid dienone is 1. The van der Waals surface area contributed by atoms with Gasteiger partial charge in [0.25, 0.3) is 0 Å². The van der Waals surface area contributed by atoms with Crippen LogP contribution in [0.1, 0.15) is 42.1 Å². The highest BCUT2D eigenvalue weighted by Crippen LogP contribution is 2.35. The number of aryl methyl sites for hydroxylation is 1. The third-order valence-corrected chi connectivity index (χ3v) is 3.76. The third-order valence-electron chi connectivity index (χ3n) is 3.76. The fourth-order valence-electron chi connectivity index (χ4n) is 2.91. The molecule has 3 rings (SSSR count). The molecule has 1 aliphatic heterocycles. The van der Waals surface area contributed by atoms with E-state index in [-0.39, 0.29) is 0 Å². The first-order valence-corrected chi connectivity index (χ1v) is 5.93. The molecular weight excluding hydrogens is 184 g/mol. The summed E-state index contributed by atoms with van der Waals surface area (Å²) in [5.41, 5.74) is 4.42. The lowest BCUT2D eigenvalue weighted by Gasteiger charge is -2.20. The highest BCUT2D eigenvalue weighted by molar-refractivity contribution is 5.59. The predicted molar refractivity (Wildman–Crippen MR) is 62.8 cm³/mol. The Morgan fingerprint density at radius 2 is 2.40 bits per heavy atom. The number of hydrogen-bond donors (Lipinski definition) is 1. The van der Waals surface area contributed by atoms with Crippen LogP contribution in [0.25, 0.3) is 6.08 Å². The average molecular weight is 202 g/mol. The van der Waals surface area contributed by atoms with Crippen molar-refractivity contribution in [1.82, 2.24) is 9.88 Å². The second kappa shape index (κ2) is 3.53. The second-order valence-corrected chi connectivity index (χ2v) is 4.72. The van der Waals surface area contributed by atoms with Crippen molar-refractivity contribution in [3.63, 3.8) is 0 Å². The summed E-state index contributed by atoms with van der Waals surface area (Å²) in [6, 6.07) is 0.646. The number of rotatable bonds is 1. The van der Waals surface area contributed by atoms with Crippen molar-refractivity contribution in [2.45, 2.75) is 31.7 Å². The largest absolute Gasteiger partial charge is 0.364 e. The summed E-state index contributed by atoms with van der Waals surface area (Å²) in [7, 11) is 2.24. The van der Waals surface area contributed by atoms with Crippen molar-refractivity contribution in [3.05, 3.63) is 29.1 Å². The molecule has 15 heavy (non-hydrogen) atoms. The topological polar surface area (TPSA) is 19.0 Å². The fraction of sp³-hybridized carbons (Fsp3) is 0.538. The van der Waals surface area contributed by atoms with Crippen molar-refractivity contribution < 1.29 is 0 Å². The predicted octanol–water partition coefficient (Wildman–Crippen LogP) is 2.74. The van der Waals surface area contributed by atoms with Crippen LogP contribution in [0.2, 0.25) is 0 Å². The van der Waals surface area contributed by atoms with Crippen LogP contribution in [0, 0.1) is 0 Å². The molecule has 2 nitrogen and oxygen atoms in total. The Labute approximate surface area is 91.0 Å². The van der Waals surface area contributed by atoms with Gasteiger partial charge in [-0.1, -0.05) is 12.2 Å². The van der Waals surface area contributed by atoms with E-state index in [1.807, 2.05) is 0 Å². The van der Waals surface area contributed by atoms with Gasteiger partial charge in [0.2, 0.25) is 0 Å². The van der Waals surface area contributed by atoms with Crippen LogP contribution in [0.5, 0.6) is 0 Å². The summed E-state index contributed by atoms with van der Waals surface area (Å²) in [5.74, 6) is 0. The van der Waals surface area contributed by atoms with E-state index < -0.39 is 0 Å². The van der Waals surface area contributed by atoms with Crippen molar-refractivity contribution >= 4 is 6.08 Å². The number of aromatic nitrogens is 1. The highest BCUT2D eigenvalue weighted by atomic mass is 15.1. The van der Waals surface area contributed by atoms with Gasteiger partial charge in [-0.05, 0) is 50.4 Å². The van der Waals surface area contributed by atoms with E-state index in [1.165, 1.54) is 49.0 Å². The first kappa shape index (κ1) is 9.22. The van der Waals surface area contributed by atoms with Gasteiger partial charge in [0.05, 0.1) is 0 Å². The van der Waals surface area contributed by atoms with Crippen LogP contribution >= 0.6 is 0 Å². The Morgan fingerprint density at radius 3 is 3.20 bits per heavy atom. The monoisotopic (exact) mass is 202 g/mol. The zero-order chi connectivity index (χ0) is 10.3.